The van der Waals surface area contributed by atoms with Gasteiger partial charge in [0.25, 0.3) is 0 Å². The van der Waals surface area contributed by atoms with Gasteiger partial charge in [-0.05, 0) is 56.7 Å². The Balaban J connectivity index is 1.93. The molecule has 1 aliphatic carbocycles. The first-order valence-corrected chi connectivity index (χ1v) is 7.37. The Bertz CT molecular complexity index is 441. The van der Waals surface area contributed by atoms with Crippen LogP contribution in [0.25, 0.3) is 0 Å². The van der Waals surface area contributed by atoms with E-state index in [0.29, 0.717) is 19.1 Å². The number of hydrogen-bond donors (Lipinski definition) is 1. The minimum atomic E-state index is -0.614. The van der Waals surface area contributed by atoms with Crippen LogP contribution in [-0.2, 0) is 16.0 Å². The van der Waals surface area contributed by atoms with Crippen molar-refractivity contribution >= 4 is 5.97 Å². The molecule has 0 spiro atoms. The third-order valence-corrected chi connectivity index (χ3v) is 3.55. The molecule has 1 unspecified atom stereocenters. The maximum absolute atomic E-state index is 11.5. The van der Waals surface area contributed by atoms with E-state index in [0.717, 1.165) is 24.2 Å². The number of rotatable bonds is 6. The largest absolute Gasteiger partial charge is 0.490 e. The number of carbonyl (C=O) groups excluding carboxylic acids is 1. The summed E-state index contributed by atoms with van der Waals surface area (Å²) in [7, 11) is 0. The Hall–Kier alpha value is -1.55. The average molecular weight is 277 g/mol. The summed E-state index contributed by atoms with van der Waals surface area (Å²) in [4.78, 5) is 11.5. The Morgan fingerprint density at radius 1 is 1.40 bits per heavy atom. The van der Waals surface area contributed by atoms with Crippen LogP contribution < -0.4 is 10.5 Å². The van der Waals surface area contributed by atoms with E-state index in [-0.39, 0.29) is 5.97 Å². The van der Waals surface area contributed by atoms with Crippen molar-refractivity contribution in [1.29, 1.82) is 0 Å². The van der Waals surface area contributed by atoms with Crippen LogP contribution in [0.1, 0.15) is 38.2 Å². The van der Waals surface area contributed by atoms with Crippen LogP contribution >= 0.6 is 0 Å². The van der Waals surface area contributed by atoms with Crippen molar-refractivity contribution in [2.24, 2.45) is 5.73 Å². The van der Waals surface area contributed by atoms with Gasteiger partial charge in [0.05, 0.1) is 12.7 Å². The van der Waals surface area contributed by atoms with E-state index >= 15 is 0 Å². The quantitative estimate of drug-likeness (QED) is 0.811. The van der Waals surface area contributed by atoms with Gasteiger partial charge in [-0.2, -0.15) is 0 Å². The molecule has 0 aliphatic heterocycles. The molecule has 1 aliphatic rings. The summed E-state index contributed by atoms with van der Waals surface area (Å²) in [6.07, 6.45) is 5.57. The highest BCUT2D eigenvalue weighted by molar-refractivity contribution is 5.75. The van der Waals surface area contributed by atoms with Gasteiger partial charge in [-0.1, -0.05) is 12.1 Å². The van der Waals surface area contributed by atoms with Crippen molar-refractivity contribution in [3.63, 3.8) is 0 Å². The van der Waals surface area contributed by atoms with Crippen LogP contribution in [0.5, 0.6) is 5.75 Å². The lowest BCUT2D eigenvalue weighted by Crippen LogP contribution is -2.34. The van der Waals surface area contributed by atoms with Gasteiger partial charge in [0.2, 0.25) is 0 Å². The minimum Gasteiger partial charge on any atom is -0.490 e. The van der Waals surface area contributed by atoms with Gasteiger partial charge in [0, 0.05) is 0 Å². The second-order valence-electron chi connectivity index (χ2n) is 5.23. The predicted molar refractivity (Wildman–Crippen MR) is 77.6 cm³/mol. The van der Waals surface area contributed by atoms with Gasteiger partial charge in [-0.25, -0.2) is 0 Å². The molecule has 4 heteroatoms. The second kappa shape index (κ2) is 7.29. The van der Waals surface area contributed by atoms with Gasteiger partial charge < -0.3 is 15.2 Å². The molecule has 20 heavy (non-hydrogen) atoms. The van der Waals surface area contributed by atoms with E-state index in [9.17, 15) is 4.79 Å². The number of esters is 1. The Kier molecular flexibility index (Phi) is 5.41. The fourth-order valence-electron chi connectivity index (χ4n) is 2.53. The molecule has 0 radical (unpaired) electrons. The topological polar surface area (TPSA) is 61.5 Å². The first-order valence-electron chi connectivity index (χ1n) is 7.37. The molecule has 0 amide bonds. The maximum atomic E-state index is 11.5. The van der Waals surface area contributed by atoms with Crippen molar-refractivity contribution in [2.75, 3.05) is 6.61 Å². The molecule has 0 aromatic heterocycles. The SMILES string of the molecule is CCOC(=O)C(N)Cc1cccc(OC2CCCC2)c1. The molecule has 1 saturated carbocycles. The van der Waals surface area contributed by atoms with Crippen LogP contribution in [-0.4, -0.2) is 24.7 Å². The lowest BCUT2D eigenvalue weighted by molar-refractivity contribution is -0.144. The number of hydrogen-bond acceptors (Lipinski definition) is 4. The smallest absolute Gasteiger partial charge is 0.323 e. The number of carbonyl (C=O) groups is 1. The van der Waals surface area contributed by atoms with E-state index in [2.05, 4.69) is 0 Å². The molecule has 1 fully saturated rings. The monoisotopic (exact) mass is 277 g/mol. The number of nitrogens with two attached hydrogens (primary N) is 1. The summed E-state index contributed by atoms with van der Waals surface area (Å²) in [5, 5.41) is 0. The molecule has 1 aromatic rings. The van der Waals surface area contributed by atoms with E-state index < -0.39 is 6.04 Å². The standard InChI is InChI=1S/C16H23NO3/c1-2-19-16(18)15(17)11-12-6-5-9-14(10-12)20-13-7-3-4-8-13/h5-6,9-10,13,15H,2-4,7-8,11,17H2,1H3. The van der Waals surface area contributed by atoms with Gasteiger partial charge >= 0.3 is 5.97 Å². The molecule has 0 saturated heterocycles. The fraction of sp³-hybridized carbons (Fsp3) is 0.562. The van der Waals surface area contributed by atoms with Crippen molar-refractivity contribution in [3.8, 4) is 5.75 Å². The molecule has 4 nitrogen and oxygen atoms in total. The Morgan fingerprint density at radius 2 is 2.15 bits per heavy atom. The molecule has 1 aromatic carbocycles. The summed E-state index contributed by atoms with van der Waals surface area (Å²) in [5.74, 6) is 0.514. The lowest BCUT2D eigenvalue weighted by Gasteiger charge is -2.15. The number of ether oxygens (including phenoxy) is 2. The second-order valence-corrected chi connectivity index (χ2v) is 5.23. The van der Waals surface area contributed by atoms with Crippen LogP contribution in [0.4, 0.5) is 0 Å². The fourth-order valence-corrected chi connectivity index (χ4v) is 2.53. The highest BCUT2D eigenvalue weighted by Crippen LogP contribution is 2.24. The summed E-state index contributed by atoms with van der Waals surface area (Å²) in [6.45, 7) is 2.14. The molecule has 0 heterocycles. The molecular weight excluding hydrogens is 254 g/mol. The molecule has 1 atom stereocenters. The Morgan fingerprint density at radius 3 is 2.85 bits per heavy atom. The zero-order valence-electron chi connectivity index (χ0n) is 12.0. The van der Waals surface area contributed by atoms with Crippen molar-refractivity contribution in [2.45, 2.75) is 51.2 Å². The van der Waals surface area contributed by atoms with Gasteiger partial charge in [-0.3, -0.25) is 4.79 Å². The minimum absolute atomic E-state index is 0.337. The van der Waals surface area contributed by atoms with Gasteiger partial charge in [0.15, 0.2) is 0 Å². The van der Waals surface area contributed by atoms with E-state index in [1.807, 2.05) is 24.3 Å². The summed E-state index contributed by atoms with van der Waals surface area (Å²) < 4.78 is 10.9. The zero-order chi connectivity index (χ0) is 14.4. The maximum Gasteiger partial charge on any atom is 0.323 e. The molecule has 110 valence electrons. The zero-order valence-corrected chi connectivity index (χ0v) is 12.0. The summed E-state index contributed by atoms with van der Waals surface area (Å²) >= 11 is 0. The van der Waals surface area contributed by atoms with Gasteiger partial charge in [-0.15, -0.1) is 0 Å². The molecular formula is C16H23NO3. The molecule has 2 rings (SSSR count). The summed E-state index contributed by atoms with van der Waals surface area (Å²) in [5.41, 5.74) is 6.83. The molecule has 0 bridgehead atoms. The first kappa shape index (κ1) is 14.9. The Labute approximate surface area is 120 Å². The van der Waals surface area contributed by atoms with Gasteiger partial charge in [0.1, 0.15) is 11.8 Å². The number of benzene rings is 1. The van der Waals surface area contributed by atoms with E-state index in [1.165, 1.54) is 12.8 Å². The summed E-state index contributed by atoms with van der Waals surface area (Å²) in [6, 6.07) is 7.21. The van der Waals surface area contributed by atoms with Crippen molar-refractivity contribution < 1.29 is 14.3 Å². The highest BCUT2D eigenvalue weighted by atomic mass is 16.5. The highest BCUT2D eigenvalue weighted by Gasteiger charge is 2.18. The predicted octanol–water partition coefficient (Wildman–Crippen LogP) is 2.44. The van der Waals surface area contributed by atoms with Crippen LogP contribution in [0.3, 0.4) is 0 Å². The molecule has 2 N–H and O–H groups in total. The van der Waals surface area contributed by atoms with E-state index in [4.69, 9.17) is 15.2 Å². The average Bonchev–Trinajstić information content (AvgIpc) is 2.92. The third kappa shape index (κ3) is 4.23. The van der Waals surface area contributed by atoms with E-state index in [1.54, 1.807) is 6.92 Å². The lowest BCUT2D eigenvalue weighted by atomic mass is 10.1. The van der Waals surface area contributed by atoms with Crippen LogP contribution in [0.2, 0.25) is 0 Å². The van der Waals surface area contributed by atoms with Crippen molar-refractivity contribution in [1.82, 2.24) is 0 Å². The van der Waals surface area contributed by atoms with Crippen LogP contribution in [0.15, 0.2) is 24.3 Å². The first-order chi connectivity index (χ1) is 9.69. The van der Waals surface area contributed by atoms with Crippen LogP contribution in [0, 0.1) is 0 Å². The third-order valence-electron chi connectivity index (χ3n) is 3.55. The van der Waals surface area contributed by atoms with Crippen molar-refractivity contribution in [3.05, 3.63) is 29.8 Å². The normalized spacial score (nSPS) is 16.9.